The number of aromatic nitrogens is 1. The molecule has 0 aliphatic heterocycles. The van der Waals surface area contributed by atoms with Crippen molar-refractivity contribution >= 4 is 5.97 Å². The average molecular weight is 297 g/mol. The number of hydrogen-bond acceptors (Lipinski definition) is 3. The van der Waals surface area contributed by atoms with Crippen molar-refractivity contribution in [2.45, 2.75) is 6.18 Å². The van der Waals surface area contributed by atoms with E-state index in [2.05, 4.69) is 4.98 Å². The Hall–Kier alpha value is -2.57. The van der Waals surface area contributed by atoms with Crippen molar-refractivity contribution in [2.24, 2.45) is 0 Å². The second kappa shape index (κ2) is 5.43. The fourth-order valence-electron chi connectivity index (χ4n) is 1.71. The Labute approximate surface area is 117 Å². The normalized spacial score (nSPS) is 11.2. The molecule has 0 atom stereocenters. The number of aromatic carboxylic acids is 1. The smallest absolute Gasteiger partial charge is 0.416 e. The summed E-state index contributed by atoms with van der Waals surface area (Å²) in [4.78, 5) is 15.0. The van der Waals surface area contributed by atoms with Gasteiger partial charge in [-0.15, -0.1) is 0 Å². The number of halogens is 3. The molecule has 0 spiro atoms. The summed E-state index contributed by atoms with van der Waals surface area (Å²) in [5, 5.41) is 8.99. The number of hydrogen-bond donors (Lipinski definition) is 1. The van der Waals surface area contributed by atoms with Crippen molar-refractivity contribution in [1.29, 1.82) is 0 Å². The van der Waals surface area contributed by atoms with Crippen LogP contribution in [0, 0.1) is 0 Å². The second-order valence-electron chi connectivity index (χ2n) is 4.16. The summed E-state index contributed by atoms with van der Waals surface area (Å²) < 4.78 is 42.4. The van der Waals surface area contributed by atoms with Crippen LogP contribution in [0.15, 0.2) is 36.4 Å². The molecule has 1 heterocycles. The fraction of sp³-hybridized carbons (Fsp3) is 0.143. The van der Waals surface area contributed by atoms with Crippen molar-refractivity contribution in [3.8, 4) is 17.1 Å². The molecule has 0 aliphatic rings. The summed E-state index contributed by atoms with van der Waals surface area (Å²) in [5.74, 6) is -1.10. The zero-order valence-corrected chi connectivity index (χ0v) is 10.8. The Morgan fingerprint density at radius 3 is 2.29 bits per heavy atom. The number of nitrogens with zero attached hydrogens (tertiary/aromatic N) is 1. The molecule has 1 aromatic carbocycles. The van der Waals surface area contributed by atoms with E-state index in [4.69, 9.17) is 9.84 Å². The average Bonchev–Trinajstić information content (AvgIpc) is 2.46. The fourth-order valence-corrected chi connectivity index (χ4v) is 1.71. The molecule has 7 heteroatoms. The summed E-state index contributed by atoms with van der Waals surface area (Å²) in [6.45, 7) is 0. The molecule has 0 aliphatic carbocycles. The van der Waals surface area contributed by atoms with E-state index in [1.807, 2.05) is 0 Å². The summed E-state index contributed by atoms with van der Waals surface area (Å²) in [6.07, 6.45) is -4.42. The monoisotopic (exact) mass is 297 g/mol. The van der Waals surface area contributed by atoms with Crippen LogP contribution in [0.25, 0.3) is 11.3 Å². The molecule has 4 nitrogen and oxygen atoms in total. The van der Waals surface area contributed by atoms with Gasteiger partial charge in [-0.1, -0.05) is 12.1 Å². The van der Waals surface area contributed by atoms with Gasteiger partial charge in [-0.3, -0.25) is 0 Å². The van der Waals surface area contributed by atoms with E-state index in [1.165, 1.54) is 31.4 Å². The first-order chi connectivity index (χ1) is 9.81. The number of carbonyl (C=O) groups is 1. The van der Waals surface area contributed by atoms with Gasteiger partial charge in [-0.25, -0.2) is 9.78 Å². The highest BCUT2D eigenvalue weighted by atomic mass is 19.4. The van der Waals surface area contributed by atoms with E-state index in [1.54, 1.807) is 0 Å². The number of methoxy groups -OCH3 is 1. The van der Waals surface area contributed by atoms with Crippen molar-refractivity contribution in [1.82, 2.24) is 4.98 Å². The molecule has 0 amide bonds. The Kier molecular flexibility index (Phi) is 3.84. The molecule has 0 radical (unpaired) electrons. The number of ether oxygens (including phenoxy) is 1. The molecular formula is C14H10F3NO3. The minimum Gasteiger partial charge on any atom is -0.481 e. The van der Waals surface area contributed by atoms with Crippen molar-refractivity contribution in [3.63, 3.8) is 0 Å². The number of rotatable bonds is 3. The Morgan fingerprint density at radius 2 is 1.81 bits per heavy atom. The van der Waals surface area contributed by atoms with Crippen LogP contribution in [0.3, 0.4) is 0 Å². The van der Waals surface area contributed by atoms with Crippen LogP contribution in [0.5, 0.6) is 5.88 Å². The van der Waals surface area contributed by atoms with Gasteiger partial charge >= 0.3 is 12.1 Å². The van der Waals surface area contributed by atoms with E-state index >= 15 is 0 Å². The Bertz CT molecular complexity index is 666. The minimum absolute atomic E-state index is 0.0586. The predicted molar refractivity (Wildman–Crippen MR) is 68.2 cm³/mol. The van der Waals surface area contributed by atoms with E-state index in [0.29, 0.717) is 5.56 Å². The van der Waals surface area contributed by atoms with Gasteiger partial charge in [0.2, 0.25) is 5.88 Å². The number of carboxylic acid groups (broad SMARTS) is 1. The lowest BCUT2D eigenvalue weighted by molar-refractivity contribution is -0.137. The van der Waals surface area contributed by atoms with Crippen LogP contribution >= 0.6 is 0 Å². The van der Waals surface area contributed by atoms with Gasteiger partial charge in [0.1, 0.15) is 0 Å². The van der Waals surface area contributed by atoms with Gasteiger partial charge in [0.05, 0.1) is 23.9 Å². The molecular weight excluding hydrogens is 287 g/mol. The molecule has 0 bridgehead atoms. The van der Waals surface area contributed by atoms with Crippen molar-refractivity contribution in [2.75, 3.05) is 7.11 Å². The minimum atomic E-state index is -4.42. The summed E-state index contributed by atoms with van der Waals surface area (Å²) in [5.41, 5.74) is -0.255. The van der Waals surface area contributed by atoms with Crippen LogP contribution in [0.4, 0.5) is 13.2 Å². The third kappa shape index (κ3) is 3.31. The maximum Gasteiger partial charge on any atom is 0.416 e. The molecule has 2 aromatic rings. The Balaban J connectivity index is 2.46. The third-order valence-corrected chi connectivity index (χ3v) is 2.77. The zero-order chi connectivity index (χ0) is 15.6. The van der Waals surface area contributed by atoms with Crippen molar-refractivity contribution < 1.29 is 27.8 Å². The second-order valence-corrected chi connectivity index (χ2v) is 4.16. The van der Waals surface area contributed by atoms with Crippen LogP contribution in [0.2, 0.25) is 0 Å². The van der Waals surface area contributed by atoms with Gasteiger partial charge in [-0.2, -0.15) is 13.2 Å². The topological polar surface area (TPSA) is 59.4 Å². The lowest BCUT2D eigenvalue weighted by Crippen LogP contribution is -2.04. The first kappa shape index (κ1) is 14.8. The highest BCUT2D eigenvalue weighted by Gasteiger charge is 2.30. The molecule has 0 unspecified atom stereocenters. The van der Waals surface area contributed by atoms with E-state index in [0.717, 1.165) is 12.1 Å². The number of benzene rings is 1. The molecule has 21 heavy (non-hydrogen) atoms. The maximum absolute atomic E-state index is 12.5. The standard InChI is InChI=1S/C14H10F3NO3/c1-21-12-7-9(13(19)20)6-11(18-12)8-2-4-10(5-3-8)14(15,16)17/h2-7H,1H3,(H,19,20). The lowest BCUT2D eigenvalue weighted by atomic mass is 10.1. The van der Waals surface area contributed by atoms with Crippen LogP contribution in [-0.4, -0.2) is 23.2 Å². The quantitative estimate of drug-likeness (QED) is 0.942. The van der Waals surface area contributed by atoms with Gasteiger partial charge in [-0.05, 0) is 18.2 Å². The van der Waals surface area contributed by atoms with Gasteiger partial charge in [0.25, 0.3) is 0 Å². The van der Waals surface area contributed by atoms with Gasteiger partial charge in [0.15, 0.2) is 0 Å². The molecule has 1 N–H and O–H groups in total. The highest BCUT2D eigenvalue weighted by Crippen LogP contribution is 2.31. The molecule has 0 fully saturated rings. The van der Waals surface area contributed by atoms with E-state index < -0.39 is 17.7 Å². The number of alkyl halides is 3. The van der Waals surface area contributed by atoms with Crippen LogP contribution in [0.1, 0.15) is 15.9 Å². The van der Waals surface area contributed by atoms with Crippen LogP contribution < -0.4 is 4.74 Å². The number of pyridine rings is 1. The molecule has 1 aromatic heterocycles. The molecule has 2 rings (SSSR count). The SMILES string of the molecule is COc1cc(C(=O)O)cc(-c2ccc(C(F)(F)F)cc2)n1. The summed E-state index contributed by atoms with van der Waals surface area (Å²) >= 11 is 0. The number of carboxylic acids is 1. The van der Waals surface area contributed by atoms with E-state index in [-0.39, 0.29) is 17.1 Å². The zero-order valence-electron chi connectivity index (χ0n) is 10.8. The van der Waals surface area contributed by atoms with Crippen molar-refractivity contribution in [3.05, 3.63) is 47.5 Å². The third-order valence-electron chi connectivity index (χ3n) is 2.77. The maximum atomic E-state index is 12.5. The van der Waals surface area contributed by atoms with Gasteiger partial charge in [0, 0.05) is 11.6 Å². The lowest BCUT2D eigenvalue weighted by Gasteiger charge is -2.09. The largest absolute Gasteiger partial charge is 0.481 e. The first-order valence-electron chi connectivity index (χ1n) is 5.78. The van der Waals surface area contributed by atoms with Gasteiger partial charge < -0.3 is 9.84 Å². The van der Waals surface area contributed by atoms with E-state index in [9.17, 15) is 18.0 Å². The molecule has 110 valence electrons. The van der Waals surface area contributed by atoms with Crippen LogP contribution in [-0.2, 0) is 6.18 Å². The summed E-state index contributed by atoms with van der Waals surface area (Å²) in [6, 6.07) is 6.80. The Morgan fingerprint density at radius 1 is 1.19 bits per heavy atom. The highest BCUT2D eigenvalue weighted by molar-refractivity contribution is 5.89. The first-order valence-corrected chi connectivity index (χ1v) is 5.78. The summed E-state index contributed by atoms with van der Waals surface area (Å²) in [7, 11) is 1.32. The molecule has 0 saturated carbocycles. The predicted octanol–water partition coefficient (Wildman–Crippen LogP) is 3.47. The molecule has 0 saturated heterocycles.